The zero-order chi connectivity index (χ0) is 16.0. The van der Waals surface area contributed by atoms with Gasteiger partial charge < -0.3 is 14.7 Å². The summed E-state index contributed by atoms with van der Waals surface area (Å²) in [5.41, 5.74) is 0. The second kappa shape index (κ2) is 7.95. The lowest BCUT2D eigenvalue weighted by Crippen LogP contribution is -2.36. The average Bonchev–Trinajstić information content (AvgIpc) is 2.76. The first kappa shape index (κ1) is 18.2. The molecule has 0 aromatic carbocycles. The summed E-state index contributed by atoms with van der Waals surface area (Å²) < 4.78 is 17.1. The number of nitrogens with one attached hydrogen (secondary N) is 1. The van der Waals surface area contributed by atoms with E-state index < -0.39 is 7.37 Å². The van der Waals surface area contributed by atoms with Gasteiger partial charge in [0.05, 0.1) is 12.5 Å². The lowest BCUT2D eigenvalue weighted by molar-refractivity contribution is -0.129. The molecule has 1 fully saturated rings. The van der Waals surface area contributed by atoms with Crippen LogP contribution < -0.4 is 5.32 Å². The number of nitrogens with zero attached hydrogens (tertiary/aromatic N) is 1. The van der Waals surface area contributed by atoms with Crippen molar-refractivity contribution in [1.29, 1.82) is 0 Å². The molecule has 0 aliphatic carbocycles. The molecule has 1 rings (SSSR count). The van der Waals surface area contributed by atoms with Crippen molar-refractivity contribution >= 4 is 19.2 Å². The molecule has 21 heavy (non-hydrogen) atoms. The third-order valence-electron chi connectivity index (χ3n) is 3.60. The van der Waals surface area contributed by atoms with E-state index in [1.165, 1.54) is 0 Å². The number of amides is 2. The number of carbonyl (C=O) groups excluding carboxylic acids is 2. The van der Waals surface area contributed by atoms with Crippen LogP contribution in [-0.4, -0.2) is 55.3 Å². The van der Waals surface area contributed by atoms with Gasteiger partial charge in [0, 0.05) is 38.4 Å². The standard InChI is InChI=1S/C14H27N2O4P/c1-5-20-21(4,19)8-6-7-15-14(18)12-9-13(17)16(10-12)11(2)3/h11-12H,5-10H2,1-4H3,(H,15,18). The molecule has 2 atom stereocenters. The van der Waals surface area contributed by atoms with Gasteiger partial charge in [-0.25, -0.2) is 0 Å². The number of rotatable bonds is 8. The molecule has 0 spiro atoms. The highest BCUT2D eigenvalue weighted by molar-refractivity contribution is 7.58. The summed E-state index contributed by atoms with van der Waals surface area (Å²) in [7, 11) is -2.52. The molecule has 2 amide bonds. The van der Waals surface area contributed by atoms with Gasteiger partial charge in [-0.3, -0.25) is 14.2 Å². The monoisotopic (exact) mass is 318 g/mol. The van der Waals surface area contributed by atoms with Crippen molar-refractivity contribution in [2.24, 2.45) is 5.92 Å². The maximum absolute atomic E-state index is 12.0. The van der Waals surface area contributed by atoms with E-state index in [4.69, 9.17) is 4.52 Å². The molecule has 0 radical (unpaired) electrons. The molecule has 0 aromatic heterocycles. The normalized spacial score (nSPS) is 21.7. The van der Waals surface area contributed by atoms with E-state index in [1.807, 2.05) is 20.8 Å². The molecule has 1 saturated heterocycles. The van der Waals surface area contributed by atoms with Gasteiger partial charge in [0.1, 0.15) is 0 Å². The van der Waals surface area contributed by atoms with Crippen molar-refractivity contribution in [3.8, 4) is 0 Å². The lowest BCUT2D eigenvalue weighted by Gasteiger charge is -2.20. The Morgan fingerprint density at radius 2 is 2.19 bits per heavy atom. The molecule has 7 heteroatoms. The molecule has 0 bridgehead atoms. The lowest BCUT2D eigenvalue weighted by atomic mass is 10.1. The molecule has 1 aliphatic heterocycles. The van der Waals surface area contributed by atoms with Crippen LogP contribution >= 0.6 is 7.37 Å². The highest BCUT2D eigenvalue weighted by Gasteiger charge is 2.35. The Hall–Kier alpha value is -0.870. The highest BCUT2D eigenvalue weighted by Crippen LogP contribution is 2.42. The summed E-state index contributed by atoms with van der Waals surface area (Å²) in [6.45, 7) is 8.73. The summed E-state index contributed by atoms with van der Waals surface area (Å²) in [6.07, 6.45) is 1.37. The minimum Gasteiger partial charge on any atom is -0.356 e. The van der Waals surface area contributed by atoms with Gasteiger partial charge in [-0.05, 0) is 27.2 Å². The molecule has 1 aliphatic rings. The topological polar surface area (TPSA) is 75.7 Å². The number of carbonyl (C=O) groups is 2. The quantitative estimate of drug-likeness (QED) is 0.546. The molecule has 1 heterocycles. The van der Waals surface area contributed by atoms with Gasteiger partial charge >= 0.3 is 0 Å². The maximum Gasteiger partial charge on any atom is 0.225 e. The fourth-order valence-corrected chi connectivity index (χ4v) is 3.87. The van der Waals surface area contributed by atoms with E-state index in [0.29, 0.717) is 32.3 Å². The van der Waals surface area contributed by atoms with Crippen molar-refractivity contribution in [3.05, 3.63) is 0 Å². The van der Waals surface area contributed by atoms with Crippen molar-refractivity contribution < 1.29 is 18.7 Å². The van der Waals surface area contributed by atoms with Crippen LogP contribution in [0.5, 0.6) is 0 Å². The fourth-order valence-electron chi connectivity index (χ4n) is 2.47. The molecule has 2 unspecified atom stereocenters. The van der Waals surface area contributed by atoms with Crippen LogP contribution in [0, 0.1) is 5.92 Å². The van der Waals surface area contributed by atoms with Crippen LogP contribution in [0.4, 0.5) is 0 Å². The van der Waals surface area contributed by atoms with Gasteiger partial charge in [-0.15, -0.1) is 0 Å². The molecule has 122 valence electrons. The van der Waals surface area contributed by atoms with Crippen molar-refractivity contribution in [1.82, 2.24) is 10.2 Å². The smallest absolute Gasteiger partial charge is 0.225 e. The maximum atomic E-state index is 12.0. The van der Waals surface area contributed by atoms with E-state index in [9.17, 15) is 14.2 Å². The Kier molecular flexibility index (Phi) is 6.88. The van der Waals surface area contributed by atoms with Gasteiger partial charge in [0.2, 0.25) is 11.8 Å². The zero-order valence-corrected chi connectivity index (χ0v) is 14.3. The number of hydrogen-bond donors (Lipinski definition) is 1. The van der Waals surface area contributed by atoms with Crippen LogP contribution in [0.25, 0.3) is 0 Å². The van der Waals surface area contributed by atoms with E-state index in [-0.39, 0.29) is 30.2 Å². The minimum atomic E-state index is -2.52. The number of likely N-dealkylation sites (tertiary alicyclic amines) is 1. The Labute approximate surface area is 127 Å². The predicted octanol–water partition coefficient (Wildman–Crippen LogP) is 1.69. The van der Waals surface area contributed by atoms with E-state index in [2.05, 4.69) is 5.32 Å². The summed E-state index contributed by atoms with van der Waals surface area (Å²) in [4.78, 5) is 25.5. The van der Waals surface area contributed by atoms with Crippen LogP contribution in [0.3, 0.4) is 0 Å². The van der Waals surface area contributed by atoms with Crippen LogP contribution in [0.1, 0.15) is 33.6 Å². The SMILES string of the molecule is CCOP(C)(=O)CCCNC(=O)C1CC(=O)N(C(C)C)C1. The first-order valence-corrected chi connectivity index (χ1v) is 9.80. The predicted molar refractivity (Wildman–Crippen MR) is 82.6 cm³/mol. The van der Waals surface area contributed by atoms with E-state index >= 15 is 0 Å². The Bertz CT molecular complexity index is 425. The van der Waals surface area contributed by atoms with Crippen molar-refractivity contribution in [2.75, 3.05) is 32.5 Å². The molecule has 1 N–H and O–H groups in total. The summed E-state index contributed by atoms with van der Waals surface area (Å²) in [5, 5.41) is 2.82. The van der Waals surface area contributed by atoms with Gasteiger partial charge in [-0.1, -0.05) is 0 Å². The van der Waals surface area contributed by atoms with Crippen LogP contribution in [-0.2, 0) is 18.7 Å². The summed E-state index contributed by atoms with van der Waals surface area (Å²) in [6, 6.07) is 0.132. The minimum absolute atomic E-state index is 0.0413. The molecule has 0 saturated carbocycles. The molecule has 6 nitrogen and oxygen atoms in total. The summed E-state index contributed by atoms with van der Waals surface area (Å²) >= 11 is 0. The number of hydrogen-bond acceptors (Lipinski definition) is 4. The van der Waals surface area contributed by atoms with Crippen LogP contribution in [0.15, 0.2) is 0 Å². The average molecular weight is 318 g/mol. The van der Waals surface area contributed by atoms with Crippen molar-refractivity contribution in [3.63, 3.8) is 0 Å². The van der Waals surface area contributed by atoms with Gasteiger partial charge in [0.25, 0.3) is 0 Å². The summed E-state index contributed by atoms with van der Waals surface area (Å²) in [5.74, 6) is -0.311. The third kappa shape index (κ3) is 5.79. The van der Waals surface area contributed by atoms with Crippen LogP contribution in [0.2, 0.25) is 0 Å². The largest absolute Gasteiger partial charge is 0.356 e. The molecule has 0 aromatic rings. The first-order valence-electron chi connectivity index (χ1n) is 7.55. The second-order valence-corrected chi connectivity index (χ2v) is 8.57. The molecular weight excluding hydrogens is 291 g/mol. The zero-order valence-electron chi connectivity index (χ0n) is 13.4. The van der Waals surface area contributed by atoms with Crippen molar-refractivity contribution in [2.45, 2.75) is 39.7 Å². The first-order chi connectivity index (χ1) is 9.76. The molecular formula is C14H27N2O4P. The van der Waals surface area contributed by atoms with E-state index in [1.54, 1.807) is 11.6 Å². The Morgan fingerprint density at radius 3 is 2.71 bits per heavy atom. The third-order valence-corrected chi connectivity index (χ3v) is 5.53. The van der Waals surface area contributed by atoms with E-state index in [0.717, 1.165) is 0 Å². The fraction of sp³-hybridized carbons (Fsp3) is 0.857. The van der Waals surface area contributed by atoms with Gasteiger partial charge in [0.15, 0.2) is 7.37 Å². The van der Waals surface area contributed by atoms with Gasteiger partial charge in [-0.2, -0.15) is 0 Å². The Balaban J connectivity index is 2.29. The Morgan fingerprint density at radius 1 is 1.52 bits per heavy atom. The highest BCUT2D eigenvalue weighted by atomic mass is 31.2. The second-order valence-electron chi connectivity index (χ2n) is 5.84.